The summed E-state index contributed by atoms with van der Waals surface area (Å²) in [6, 6.07) is 12.1. The summed E-state index contributed by atoms with van der Waals surface area (Å²) in [6.45, 7) is 1.33. The highest BCUT2D eigenvalue weighted by molar-refractivity contribution is 7.92. The number of rotatable bonds is 8. The molecule has 0 aliphatic heterocycles. The molecular formula is C22H23N5O6S. The van der Waals surface area contributed by atoms with Gasteiger partial charge in [-0.15, -0.1) is 0 Å². The summed E-state index contributed by atoms with van der Waals surface area (Å²) in [6.07, 6.45) is 1.26. The maximum Gasteiger partial charge on any atom is 0.322 e. The van der Waals surface area contributed by atoms with Crippen LogP contribution in [0.25, 0.3) is 0 Å². The smallest absolute Gasteiger partial charge is 0.322 e. The first-order valence-electron chi connectivity index (χ1n) is 9.99. The molecule has 1 heterocycles. The van der Waals surface area contributed by atoms with E-state index in [0.717, 1.165) is 9.87 Å². The van der Waals surface area contributed by atoms with Gasteiger partial charge in [-0.2, -0.15) is 5.10 Å². The number of aromatic nitrogens is 2. The molecule has 3 aromatic rings. The van der Waals surface area contributed by atoms with Crippen LogP contribution in [0.4, 0.5) is 11.5 Å². The van der Waals surface area contributed by atoms with Crippen LogP contribution in [-0.4, -0.2) is 54.7 Å². The topological polar surface area (TPSA) is 151 Å². The Morgan fingerprint density at radius 1 is 1.03 bits per heavy atom. The van der Waals surface area contributed by atoms with Crippen LogP contribution >= 0.6 is 0 Å². The molecule has 0 spiro atoms. The summed E-state index contributed by atoms with van der Waals surface area (Å²) in [5.74, 6) is -2.27. The van der Waals surface area contributed by atoms with Crippen LogP contribution < -0.4 is 14.9 Å². The van der Waals surface area contributed by atoms with E-state index in [1.807, 2.05) is 6.92 Å². The maximum absolute atomic E-state index is 13.1. The number of benzene rings is 2. The third kappa shape index (κ3) is 5.23. The van der Waals surface area contributed by atoms with Gasteiger partial charge in [-0.3, -0.25) is 23.4 Å². The minimum atomic E-state index is -3.95. The van der Waals surface area contributed by atoms with Gasteiger partial charge in [-0.05, 0) is 43.3 Å². The zero-order valence-corrected chi connectivity index (χ0v) is 19.5. The molecule has 0 unspecified atom stereocenters. The van der Waals surface area contributed by atoms with Crippen LogP contribution in [0.2, 0.25) is 0 Å². The maximum atomic E-state index is 13.1. The zero-order chi connectivity index (χ0) is 25.0. The predicted octanol–water partition coefficient (Wildman–Crippen LogP) is 1.62. The van der Waals surface area contributed by atoms with Gasteiger partial charge < -0.3 is 15.7 Å². The van der Waals surface area contributed by atoms with Crippen LogP contribution in [0.5, 0.6) is 0 Å². The van der Waals surface area contributed by atoms with Crippen molar-refractivity contribution in [2.24, 2.45) is 7.05 Å². The van der Waals surface area contributed by atoms with Gasteiger partial charge in [-0.1, -0.05) is 17.7 Å². The molecule has 0 saturated heterocycles. The molecule has 0 aliphatic rings. The number of hydrogen-bond donors (Lipinski definition) is 3. The van der Waals surface area contributed by atoms with Crippen molar-refractivity contribution in [1.82, 2.24) is 15.1 Å². The van der Waals surface area contributed by atoms with Gasteiger partial charge in [0.1, 0.15) is 12.1 Å². The average Bonchev–Trinajstić information content (AvgIpc) is 3.19. The number of carbonyl (C=O) groups is 3. The molecule has 0 bridgehead atoms. The first kappa shape index (κ1) is 24.5. The molecule has 0 aliphatic carbocycles. The van der Waals surface area contributed by atoms with E-state index in [-0.39, 0.29) is 21.8 Å². The second-order valence-electron chi connectivity index (χ2n) is 7.40. The highest BCUT2D eigenvalue weighted by Gasteiger charge is 2.28. The Kier molecular flexibility index (Phi) is 7.01. The number of carboxylic acid groups (broad SMARTS) is 1. The van der Waals surface area contributed by atoms with Crippen LogP contribution in [0.1, 0.15) is 26.3 Å². The van der Waals surface area contributed by atoms with Gasteiger partial charge in [-0.25, -0.2) is 8.42 Å². The van der Waals surface area contributed by atoms with Crippen molar-refractivity contribution in [2.45, 2.75) is 11.8 Å². The molecule has 2 amide bonds. The van der Waals surface area contributed by atoms with Crippen LogP contribution in [0.15, 0.2) is 59.6 Å². The number of hydrogen-bond acceptors (Lipinski definition) is 6. The SMILES string of the molecule is Cc1ccc(S(=O)(=O)N(C)c2c(C(=O)Nc3ccc(C(=O)NCC(=O)O)cc3)cnn2C)cc1. The van der Waals surface area contributed by atoms with Gasteiger partial charge in [0.25, 0.3) is 21.8 Å². The lowest BCUT2D eigenvalue weighted by atomic mass is 10.2. The minimum absolute atomic E-state index is 0.0314. The van der Waals surface area contributed by atoms with Crippen LogP contribution in [0.3, 0.4) is 0 Å². The Hall–Kier alpha value is -4.19. The molecule has 3 rings (SSSR count). The molecule has 1 aromatic heterocycles. The Balaban J connectivity index is 1.80. The molecule has 2 aromatic carbocycles. The summed E-state index contributed by atoms with van der Waals surface area (Å²) in [7, 11) is -1.08. The molecule has 0 atom stereocenters. The molecule has 0 saturated carbocycles. The lowest BCUT2D eigenvalue weighted by Gasteiger charge is -2.21. The van der Waals surface area contributed by atoms with Crippen LogP contribution in [-0.2, 0) is 21.9 Å². The quantitative estimate of drug-likeness (QED) is 0.439. The molecule has 178 valence electrons. The molecule has 11 nitrogen and oxygen atoms in total. The first-order chi connectivity index (χ1) is 16.0. The molecule has 0 radical (unpaired) electrons. The van der Waals surface area contributed by atoms with Gasteiger partial charge in [0.05, 0.1) is 11.1 Å². The second kappa shape index (κ2) is 9.75. The Labute approximate surface area is 196 Å². The van der Waals surface area contributed by atoms with E-state index in [1.54, 1.807) is 12.1 Å². The summed E-state index contributed by atoms with van der Waals surface area (Å²) < 4.78 is 28.5. The number of carbonyl (C=O) groups excluding carboxylic acids is 2. The Bertz CT molecular complexity index is 1330. The zero-order valence-electron chi connectivity index (χ0n) is 18.6. The number of anilines is 2. The molecule has 0 fully saturated rings. The van der Waals surface area contributed by atoms with Crippen molar-refractivity contribution in [2.75, 3.05) is 23.2 Å². The fourth-order valence-electron chi connectivity index (χ4n) is 3.11. The van der Waals surface area contributed by atoms with Crippen molar-refractivity contribution in [1.29, 1.82) is 0 Å². The van der Waals surface area contributed by atoms with E-state index in [4.69, 9.17) is 5.11 Å². The highest BCUT2D eigenvalue weighted by atomic mass is 32.2. The summed E-state index contributed by atoms with van der Waals surface area (Å²) in [4.78, 5) is 35.5. The van der Waals surface area contributed by atoms with Gasteiger partial charge in [0.2, 0.25) is 0 Å². The summed E-state index contributed by atoms with van der Waals surface area (Å²) >= 11 is 0. The van der Waals surface area contributed by atoms with Gasteiger partial charge >= 0.3 is 5.97 Å². The number of nitrogens with one attached hydrogen (secondary N) is 2. The third-order valence-corrected chi connectivity index (χ3v) is 6.70. The monoisotopic (exact) mass is 485 g/mol. The predicted molar refractivity (Wildman–Crippen MR) is 124 cm³/mol. The van der Waals surface area contributed by atoms with Crippen molar-refractivity contribution in [3.8, 4) is 0 Å². The highest BCUT2D eigenvalue weighted by Crippen LogP contribution is 2.26. The van der Waals surface area contributed by atoms with E-state index in [0.29, 0.717) is 5.69 Å². The Morgan fingerprint density at radius 3 is 2.24 bits per heavy atom. The summed E-state index contributed by atoms with van der Waals surface area (Å²) in [5.41, 5.74) is 1.50. The summed E-state index contributed by atoms with van der Waals surface area (Å²) in [5, 5.41) is 17.6. The normalized spacial score (nSPS) is 11.0. The Morgan fingerprint density at radius 2 is 1.65 bits per heavy atom. The number of sulfonamides is 1. The number of nitrogens with zero attached hydrogens (tertiary/aromatic N) is 3. The van der Waals surface area contributed by atoms with Gasteiger partial charge in [0, 0.05) is 25.3 Å². The standard InChI is InChI=1S/C22H23N5O6S/c1-14-4-10-17(11-5-14)34(32,33)27(3)22-18(12-24-26(22)2)21(31)25-16-8-6-15(7-9-16)20(30)23-13-19(28)29/h4-12H,13H2,1-3H3,(H,23,30)(H,25,31)(H,28,29). The van der Waals surface area contributed by atoms with Crippen molar-refractivity contribution in [3.63, 3.8) is 0 Å². The number of aryl methyl sites for hydroxylation is 2. The second-order valence-corrected chi connectivity index (χ2v) is 9.37. The van der Waals surface area contributed by atoms with E-state index in [9.17, 15) is 22.8 Å². The average molecular weight is 486 g/mol. The number of carboxylic acids is 1. The largest absolute Gasteiger partial charge is 0.480 e. The number of aliphatic carboxylic acids is 1. The van der Waals surface area contributed by atoms with Crippen LogP contribution in [0, 0.1) is 6.92 Å². The van der Waals surface area contributed by atoms with Crippen molar-refractivity contribution < 1.29 is 27.9 Å². The number of amides is 2. The molecule has 12 heteroatoms. The van der Waals surface area contributed by atoms with E-state index in [1.165, 1.54) is 61.4 Å². The molecule has 3 N–H and O–H groups in total. The molecular weight excluding hydrogens is 462 g/mol. The fourth-order valence-corrected chi connectivity index (χ4v) is 4.35. The lowest BCUT2D eigenvalue weighted by molar-refractivity contribution is -0.135. The van der Waals surface area contributed by atoms with Crippen molar-refractivity contribution in [3.05, 3.63) is 71.4 Å². The molecule has 34 heavy (non-hydrogen) atoms. The van der Waals surface area contributed by atoms with E-state index < -0.39 is 34.4 Å². The fraction of sp³-hybridized carbons (Fsp3) is 0.182. The van der Waals surface area contributed by atoms with Crippen molar-refractivity contribution >= 4 is 39.3 Å². The van der Waals surface area contributed by atoms with Gasteiger partial charge in [0.15, 0.2) is 5.82 Å². The van der Waals surface area contributed by atoms with E-state index >= 15 is 0 Å². The van der Waals surface area contributed by atoms with E-state index in [2.05, 4.69) is 15.7 Å². The lowest BCUT2D eigenvalue weighted by Crippen LogP contribution is -2.30. The first-order valence-corrected chi connectivity index (χ1v) is 11.4. The third-order valence-electron chi connectivity index (χ3n) is 4.93. The minimum Gasteiger partial charge on any atom is -0.480 e.